The smallest absolute Gasteiger partial charge is 0.293 e. The van der Waals surface area contributed by atoms with Gasteiger partial charge in [-0.25, -0.2) is 4.98 Å². The van der Waals surface area contributed by atoms with E-state index in [1.807, 2.05) is 20.8 Å². The Bertz CT molecular complexity index is 466. The summed E-state index contributed by atoms with van der Waals surface area (Å²) in [6, 6.07) is 0. The molecule has 1 heterocycles. The summed E-state index contributed by atoms with van der Waals surface area (Å²) in [6.45, 7) is 9.11. The lowest BCUT2D eigenvalue weighted by Crippen LogP contribution is -2.35. The van der Waals surface area contributed by atoms with Gasteiger partial charge in [-0.2, -0.15) is 0 Å². The maximum absolute atomic E-state index is 12.2. The van der Waals surface area contributed by atoms with Gasteiger partial charge in [0.2, 0.25) is 0 Å². The quantitative estimate of drug-likeness (QED) is 0.873. The molecule has 1 aliphatic rings. The van der Waals surface area contributed by atoms with Gasteiger partial charge in [-0.3, -0.25) is 4.79 Å². The third-order valence-electron chi connectivity index (χ3n) is 3.35. The fourth-order valence-electron chi connectivity index (χ4n) is 1.75. The molecule has 0 saturated heterocycles. The molecule has 0 aliphatic heterocycles. The van der Waals surface area contributed by atoms with E-state index in [0.29, 0.717) is 11.2 Å². The zero-order chi connectivity index (χ0) is 12.7. The molecule has 1 fully saturated rings. The molecule has 0 radical (unpaired) electrons. The van der Waals surface area contributed by atoms with Gasteiger partial charge < -0.3 is 9.88 Å². The molecule has 0 spiro atoms. The summed E-state index contributed by atoms with van der Waals surface area (Å²) in [6.07, 6.45) is 5.90. The van der Waals surface area contributed by atoms with Gasteiger partial charge in [0.1, 0.15) is 0 Å². The van der Waals surface area contributed by atoms with Gasteiger partial charge in [0.05, 0.1) is 0 Å². The minimum absolute atomic E-state index is 0.0377. The predicted octanol–water partition coefficient (Wildman–Crippen LogP) is 2.21. The van der Waals surface area contributed by atoms with Crippen LogP contribution in [-0.2, 0) is 5.54 Å². The van der Waals surface area contributed by atoms with Crippen LogP contribution in [0.4, 0.5) is 5.82 Å². The van der Waals surface area contributed by atoms with Gasteiger partial charge in [0, 0.05) is 24.5 Å². The molecule has 1 saturated carbocycles. The first-order chi connectivity index (χ1) is 7.82. The first kappa shape index (κ1) is 12.1. The van der Waals surface area contributed by atoms with E-state index in [1.165, 1.54) is 12.8 Å². The Balaban J connectivity index is 2.20. The number of nitrogens with zero attached hydrogens (tertiary/aromatic N) is 2. The molecule has 4 nitrogen and oxygen atoms in total. The van der Waals surface area contributed by atoms with Crippen molar-refractivity contribution in [2.45, 2.75) is 46.1 Å². The van der Waals surface area contributed by atoms with Crippen LogP contribution in [0, 0.1) is 5.41 Å². The Kier molecular flexibility index (Phi) is 2.76. The van der Waals surface area contributed by atoms with E-state index in [4.69, 9.17) is 0 Å². The average molecular weight is 235 g/mol. The second kappa shape index (κ2) is 3.86. The summed E-state index contributed by atoms with van der Waals surface area (Å²) in [7, 11) is 0. The first-order valence-corrected chi connectivity index (χ1v) is 6.14. The van der Waals surface area contributed by atoms with Crippen LogP contribution < -0.4 is 10.9 Å². The monoisotopic (exact) mass is 235 g/mol. The van der Waals surface area contributed by atoms with E-state index in [0.717, 1.165) is 6.54 Å². The molecule has 0 amide bonds. The standard InChI is InChI=1S/C13H21N3O/c1-12(2,3)16-8-7-14-10(11(16)17)15-9-13(4)5-6-13/h7-8H,5-6,9H2,1-4H3,(H,14,15). The second-order valence-electron chi connectivity index (χ2n) is 6.29. The number of aromatic nitrogens is 2. The summed E-state index contributed by atoms with van der Waals surface area (Å²) in [5.74, 6) is 0.468. The van der Waals surface area contributed by atoms with Gasteiger partial charge in [0.15, 0.2) is 5.82 Å². The van der Waals surface area contributed by atoms with Crippen molar-refractivity contribution in [3.8, 4) is 0 Å². The Morgan fingerprint density at radius 1 is 1.47 bits per heavy atom. The molecule has 4 heteroatoms. The molecule has 1 aromatic heterocycles. The Labute approximate surface area is 102 Å². The van der Waals surface area contributed by atoms with Crippen LogP contribution >= 0.6 is 0 Å². The average Bonchev–Trinajstić information content (AvgIpc) is 2.94. The van der Waals surface area contributed by atoms with Crippen molar-refractivity contribution >= 4 is 5.82 Å². The highest BCUT2D eigenvalue weighted by atomic mass is 16.1. The summed E-state index contributed by atoms with van der Waals surface area (Å²) in [5, 5.41) is 3.18. The minimum Gasteiger partial charge on any atom is -0.365 e. The SMILES string of the molecule is CC1(CNc2nccn(C(C)(C)C)c2=O)CC1. The molecule has 0 unspecified atom stereocenters. The first-order valence-electron chi connectivity index (χ1n) is 6.14. The largest absolute Gasteiger partial charge is 0.365 e. The Morgan fingerprint density at radius 2 is 2.12 bits per heavy atom. The van der Waals surface area contributed by atoms with Crippen molar-refractivity contribution in [1.29, 1.82) is 0 Å². The molecule has 1 aromatic rings. The van der Waals surface area contributed by atoms with Crippen LogP contribution in [0.15, 0.2) is 17.2 Å². The van der Waals surface area contributed by atoms with E-state index in [9.17, 15) is 4.79 Å². The van der Waals surface area contributed by atoms with Gasteiger partial charge >= 0.3 is 0 Å². The number of hydrogen-bond donors (Lipinski definition) is 1. The van der Waals surface area contributed by atoms with Crippen molar-refractivity contribution in [1.82, 2.24) is 9.55 Å². The topological polar surface area (TPSA) is 46.9 Å². The Morgan fingerprint density at radius 3 is 2.65 bits per heavy atom. The summed E-state index contributed by atoms with van der Waals surface area (Å²) in [5.41, 5.74) is 0.125. The molecular formula is C13H21N3O. The zero-order valence-corrected chi connectivity index (χ0v) is 11.1. The fraction of sp³-hybridized carbons (Fsp3) is 0.692. The number of hydrogen-bond acceptors (Lipinski definition) is 3. The molecule has 0 bridgehead atoms. The van der Waals surface area contributed by atoms with E-state index >= 15 is 0 Å². The van der Waals surface area contributed by atoms with Crippen LogP contribution in [0.25, 0.3) is 0 Å². The molecular weight excluding hydrogens is 214 g/mol. The third-order valence-corrected chi connectivity index (χ3v) is 3.35. The summed E-state index contributed by atoms with van der Waals surface area (Å²) >= 11 is 0. The fourth-order valence-corrected chi connectivity index (χ4v) is 1.75. The normalized spacial score (nSPS) is 17.9. The van der Waals surface area contributed by atoms with Crippen molar-refractivity contribution in [2.75, 3.05) is 11.9 Å². The highest BCUT2D eigenvalue weighted by Gasteiger charge is 2.37. The van der Waals surface area contributed by atoms with Crippen molar-refractivity contribution in [2.24, 2.45) is 5.41 Å². The maximum atomic E-state index is 12.2. The van der Waals surface area contributed by atoms with Gasteiger partial charge in [-0.15, -0.1) is 0 Å². The van der Waals surface area contributed by atoms with Crippen LogP contribution in [0.2, 0.25) is 0 Å². The molecule has 2 rings (SSSR count). The predicted molar refractivity (Wildman–Crippen MR) is 69.3 cm³/mol. The highest BCUT2D eigenvalue weighted by molar-refractivity contribution is 5.32. The molecule has 94 valence electrons. The zero-order valence-electron chi connectivity index (χ0n) is 11.1. The highest BCUT2D eigenvalue weighted by Crippen LogP contribution is 2.44. The third kappa shape index (κ3) is 2.68. The second-order valence-corrected chi connectivity index (χ2v) is 6.29. The Hall–Kier alpha value is -1.32. The minimum atomic E-state index is -0.208. The van der Waals surface area contributed by atoms with E-state index in [2.05, 4.69) is 17.2 Å². The number of rotatable bonds is 3. The van der Waals surface area contributed by atoms with Crippen molar-refractivity contribution in [3.05, 3.63) is 22.7 Å². The van der Waals surface area contributed by atoms with Crippen LogP contribution in [-0.4, -0.2) is 16.1 Å². The van der Waals surface area contributed by atoms with Crippen LogP contribution in [0.1, 0.15) is 40.5 Å². The van der Waals surface area contributed by atoms with Crippen molar-refractivity contribution < 1.29 is 0 Å². The molecule has 0 aromatic carbocycles. The van der Waals surface area contributed by atoms with Gasteiger partial charge in [-0.05, 0) is 39.0 Å². The maximum Gasteiger partial charge on any atom is 0.293 e. The van der Waals surface area contributed by atoms with E-state index in [-0.39, 0.29) is 11.1 Å². The summed E-state index contributed by atoms with van der Waals surface area (Å²) < 4.78 is 1.72. The van der Waals surface area contributed by atoms with Gasteiger partial charge in [-0.1, -0.05) is 6.92 Å². The van der Waals surface area contributed by atoms with Gasteiger partial charge in [0.25, 0.3) is 5.56 Å². The van der Waals surface area contributed by atoms with Crippen LogP contribution in [0.5, 0.6) is 0 Å². The molecule has 1 N–H and O–H groups in total. The van der Waals surface area contributed by atoms with E-state index < -0.39 is 0 Å². The number of anilines is 1. The summed E-state index contributed by atoms with van der Waals surface area (Å²) in [4.78, 5) is 16.3. The lowest BCUT2D eigenvalue weighted by molar-refractivity contribution is 0.383. The molecule has 17 heavy (non-hydrogen) atoms. The lowest BCUT2D eigenvalue weighted by atomic mass is 10.1. The number of nitrogens with one attached hydrogen (secondary N) is 1. The van der Waals surface area contributed by atoms with Crippen LogP contribution in [0.3, 0.4) is 0 Å². The van der Waals surface area contributed by atoms with E-state index in [1.54, 1.807) is 17.0 Å². The molecule has 1 aliphatic carbocycles. The lowest BCUT2D eigenvalue weighted by Gasteiger charge is -2.22. The van der Waals surface area contributed by atoms with Crippen molar-refractivity contribution in [3.63, 3.8) is 0 Å². The molecule has 0 atom stereocenters.